The average molecular weight is 348 g/mol. The molecule has 0 saturated carbocycles. The molecule has 0 aliphatic heterocycles. The van der Waals surface area contributed by atoms with Crippen molar-refractivity contribution in [2.75, 3.05) is 12.4 Å². The number of carbonyl (C=O) groups is 1. The molecule has 0 aliphatic rings. The van der Waals surface area contributed by atoms with E-state index in [1.807, 2.05) is 30.3 Å². The summed E-state index contributed by atoms with van der Waals surface area (Å²) in [5.74, 6) is -0.280. The van der Waals surface area contributed by atoms with Crippen molar-refractivity contribution in [2.24, 2.45) is 0 Å². The van der Waals surface area contributed by atoms with Crippen molar-refractivity contribution >= 4 is 22.5 Å². The molecule has 0 spiro atoms. The fourth-order valence-corrected chi connectivity index (χ4v) is 2.60. The van der Waals surface area contributed by atoms with Crippen molar-refractivity contribution in [2.45, 2.75) is 12.7 Å². The van der Waals surface area contributed by atoms with Crippen molar-refractivity contribution in [3.8, 4) is 5.75 Å². The van der Waals surface area contributed by atoms with E-state index >= 15 is 0 Å². The fraction of sp³-hybridized carbons (Fsp3) is 0.167. The fourth-order valence-electron chi connectivity index (χ4n) is 2.60. The molecular weight excluding hydrogens is 333 g/mol. The topological polar surface area (TPSA) is 43.3 Å². The van der Waals surface area contributed by atoms with E-state index in [2.05, 4.69) is 5.32 Å². The molecule has 0 saturated heterocycles. The lowest BCUT2D eigenvalue weighted by Gasteiger charge is -2.14. The number of nitrogens with zero attached hydrogens (tertiary/aromatic N) is 1. The normalized spacial score (nSPS) is 11.5. The van der Waals surface area contributed by atoms with Gasteiger partial charge in [-0.15, -0.1) is 0 Å². The number of anilines is 1. The summed E-state index contributed by atoms with van der Waals surface area (Å²) in [6.07, 6.45) is -2.74. The Balaban J connectivity index is 1.83. The second kappa shape index (κ2) is 6.51. The zero-order chi connectivity index (χ0) is 18.0. The van der Waals surface area contributed by atoms with E-state index in [9.17, 15) is 18.0 Å². The van der Waals surface area contributed by atoms with Crippen molar-refractivity contribution < 1.29 is 22.7 Å². The van der Waals surface area contributed by atoms with Crippen LogP contribution in [0.2, 0.25) is 0 Å². The van der Waals surface area contributed by atoms with Crippen LogP contribution in [0.1, 0.15) is 5.56 Å². The molecule has 0 unspecified atom stereocenters. The van der Waals surface area contributed by atoms with Crippen LogP contribution in [0.15, 0.2) is 54.7 Å². The van der Waals surface area contributed by atoms with Crippen LogP contribution in [0.5, 0.6) is 5.75 Å². The van der Waals surface area contributed by atoms with Crippen LogP contribution in [0.25, 0.3) is 10.9 Å². The number of benzene rings is 2. The summed E-state index contributed by atoms with van der Waals surface area (Å²) >= 11 is 0. The first-order valence-corrected chi connectivity index (χ1v) is 7.47. The Labute approximate surface area is 141 Å². The van der Waals surface area contributed by atoms with Gasteiger partial charge in [-0.3, -0.25) is 4.79 Å². The highest BCUT2D eigenvalue weighted by Crippen LogP contribution is 2.34. The minimum atomic E-state index is -4.50. The molecule has 1 amide bonds. The summed E-state index contributed by atoms with van der Waals surface area (Å²) in [7, 11) is 1.33. The summed E-state index contributed by atoms with van der Waals surface area (Å²) in [5.41, 5.74) is 0.00228. The molecule has 0 bridgehead atoms. The van der Waals surface area contributed by atoms with Crippen LogP contribution in [-0.2, 0) is 17.5 Å². The number of para-hydroxylation sites is 1. The molecule has 4 nitrogen and oxygen atoms in total. The zero-order valence-electron chi connectivity index (χ0n) is 13.3. The molecular formula is C18H15F3N2O2. The Morgan fingerprint density at radius 2 is 1.92 bits per heavy atom. The van der Waals surface area contributed by atoms with E-state index < -0.39 is 17.6 Å². The minimum Gasteiger partial charge on any atom is -0.495 e. The summed E-state index contributed by atoms with van der Waals surface area (Å²) in [6, 6.07) is 12.4. The van der Waals surface area contributed by atoms with Gasteiger partial charge in [0.1, 0.15) is 12.3 Å². The predicted molar refractivity (Wildman–Crippen MR) is 88.6 cm³/mol. The summed E-state index contributed by atoms with van der Waals surface area (Å²) in [4.78, 5) is 12.3. The lowest BCUT2D eigenvalue weighted by Crippen LogP contribution is -2.19. The number of rotatable bonds is 4. The largest absolute Gasteiger partial charge is 0.495 e. The highest BCUT2D eigenvalue weighted by molar-refractivity contribution is 5.93. The third-order valence-corrected chi connectivity index (χ3v) is 3.80. The van der Waals surface area contributed by atoms with Crippen molar-refractivity contribution in [1.29, 1.82) is 0 Å². The molecule has 130 valence electrons. The Kier molecular flexibility index (Phi) is 4.39. The lowest BCUT2D eigenvalue weighted by molar-refractivity contribution is -0.137. The van der Waals surface area contributed by atoms with Crippen LogP contribution >= 0.6 is 0 Å². The van der Waals surface area contributed by atoms with Crippen molar-refractivity contribution in [1.82, 2.24) is 4.57 Å². The lowest BCUT2D eigenvalue weighted by atomic mass is 10.1. The number of hydrogen-bond donors (Lipinski definition) is 1. The average Bonchev–Trinajstić information content (AvgIpc) is 2.97. The van der Waals surface area contributed by atoms with Crippen LogP contribution in [0.3, 0.4) is 0 Å². The molecule has 0 fully saturated rings. The smallest absolute Gasteiger partial charge is 0.416 e. The van der Waals surface area contributed by atoms with Gasteiger partial charge in [-0.25, -0.2) is 0 Å². The molecule has 1 heterocycles. The number of ether oxygens (including phenoxy) is 1. The number of alkyl halides is 3. The molecule has 1 aromatic heterocycles. The van der Waals surface area contributed by atoms with E-state index in [0.717, 1.165) is 23.0 Å². The van der Waals surface area contributed by atoms with Gasteiger partial charge in [0.2, 0.25) is 5.91 Å². The maximum atomic E-state index is 12.9. The Bertz CT molecular complexity index is 916. The van der Waals surface area contributed by atoms with Gasteiger partial charge in [0, 0.05) is 11.7 Å². The number of hydrogen-bond acceptors (Lipinski definition) is 2. The first-order valence-electron chi connectivity index (χ1n) is 7.47. The first-order chi connectivity index (χ1) is 11.9. The highest BCUT2D eigenvalue weighted by atomic mass is 19.4. The number of fused-ring (bicyclic) bond motifs is 1. The number of halogens is 3. The number of carbonyl (C=O) groups excluding carboxylic acids is 1. The van der Waals surface area contributed by atoms with E-state index in [-0.39, 0.29) is 18.0 Å². The monoisotopic (exact) mass is 348 g/mol. The van der Waals surface area contributed by atoms with Crippen LogP contribution in [0.4, 0.5) is 18.9 Å². The molecule has 1 N–H and O–H groups in total. The molecule has 2 aromatic carbocycles. The molecule has 7 heteroatoms. The van der Waals surface area contributed by atoms with E-state index in [0.29, 0.717) is 0 Å². The summed E-state index contributed by atoms with van der Waals surface area (Å²) < 4.78 is 45.3. The van der Waals surface area contributed by atoms with Crippen molar-refractivity contribution in [3.05, 3.63) is 60.3 Å². The van der Waals surface area contributed by atoms with Gasteiger partial charge in [0.05, 0.1) is 18.4 Å². The third-order valence-electron chi connectivity index (χ3n) is 3.80. The van der Waals surface area contributed by atoms with Gasteiger partial charge in [-0.2, -0.15) is 13.2 Å². The summed E-state index contributed by atoms with van der Waals surface area (Å²) in [5, 5.41) is 3.47. The predicted octanol–water partition coefficient (Wildman–Crippen LogP) is 4.31. The van der Waals surface area contributed by atoms with Gasteiger partial charge in [0.25, 0.3) is 0 Å². The Hall–Kier alpha value is -2.96. The standard InChI is InChI=1S/C18H15F3N2O2/c1-25-16-7-6-13(18(19,20)21)10-14(16)22-17(24)11-23-9-8-12-4-2-3-5-15(12)23/h2-10H,11H2,1H3,(H,22,24). The van der Waals surface area contributed by atoms with Gasteiger partial charge in [-0.1, -0.05) is 18.2 Å². The Morgan fingerprint density at radius 1 is 1.16 bits per heavy atom. The third kappa shape index (κ3) is 3.60. The van der Waals surface area contributed by atoms with E-state index in [1.165, 1.54) is 13.2 Å². The molecule has 3 aromatic rings. The van der Waals surface area contributed by atoms with E-state index in [4.69, 9.17) is 4.74 Å². The molecule has 25 heavy (non-hydrogen) atoms. The van der Waals surface area contributed by atoms with Crippen molar-refractivity contribution in [3.63, 3.8) is 0 Å². The van der Waals surface area contributed by atoms with Crippen LogP contribution < -0.4 is 10.1 Å². The first kappa shape index (κ1) is 16.9. The molecule has 0 atom stereocenters. The molecule has 0 aliphatic carbocycles. The zero-order valence-corrected chi connectivity index (χ0v) is 13.3. The minimum absolute atomic E-state index is 0.0150. The number of methoxy groups -OCH3 is 1. The Morgan fingerprint density at radius 3 is 2.64 bits per heavy atom. The second-order valence-corrected chi connectivity index (χ2v) is 5.46. The second-order valence-electron chi connectivity index (χ2n) is 5.46. The van der Waals surface area contributed by atoms with Gasteiger partial charge >= 0.3 is 6.18 Å². The number of amides is 1. The van der Waals surface area contributed by atoms with Crippen LogP contribution in [-0.4, -0.2) is 17.6 Å². The SMILES string of the molecule is COc1ccc(C(F)(F)F)cc1NC(=O)Cn1ccc2ccccc21. The maximum absolute atomic E-state index is 12.9. The van der Waals surface area contributed by atoms with Gasteiger partial charge in [0.15, 0.2) is 0 Å². The van der Waals surface area contributed by atoms with Gasteiger partial charge in [-0.05, 0) is 35.7 Å². The van der Waals surface area contributed by atoms with Gasteiger partial charge < -0.3 is 14.6 Å². The quantitative estimate of drug-likeness (QED) is 0.764. The van der Waals surface area contributed by atoms with Crippen LogP contribution in [0, 0.1) is 0 Å². The summed E-state index contributed by atoms with van der Waals surface area (Å²) in [6.45, 7) is -0.0209. The number of aromatic nitrogens is 1. The van der Waals surface area contributed by atoms with E-state index in [1.54, 1.807) is 10.8 Å². The molecule has 0 radical (unpaired) electrons. The number of nitrogens with one attached hydrogen (secondary N) is 1. The maximum Gasteiger partial charge on any atom is 0.416 e. The highest BCUT2D eigenvalue weighted by Gasteiger charge is 2.31. The molecule has 3 rings (SSSR count).